The molecule has 0 aliphatic heterocycles. The average molecular weight is 557 g/mol. The molecular formula is C33H45FO6. The molecule has 0 aliphatic carbocycles. The van der Waals surface area contributed by atoms with Crippen molar-refractivity contribution in [1.82, 2.24) is 0 Å². The molecule has 1 N–H and O–H groups in total. The number of alkyl halides is 1. The highest BCUT2D eigenvalue weighted by atomic mass is 19.1. The van der Waals surface area contributed by atoms with Crippen molar-refractivity contribution in [2.24, 2.45) is 0 Å². The Hall–Kier alpha value is -3.22. The summed E-state index contributed by atoms with van der Waals surface area (Å²) in [6.07, 6.45) is 10.2. The van der Waals surface area contributed by atoms with E-state index in [0.717, 1.165) is 51.4 Å². The van der Waals surface area contributed by atoms with Gasteiger partial charge < -0.3 is 14.6 Å². The van der Waals surface area contributed by atoms with E-state index >= 15 is 0 Å². The molecule has 0 bridgehead atoms. The van der Waals surface area contributed by atoms with Gasteiger partial charge in [0.1, 0.15) is 5.56 Å². The third kappa shape index (κ3) is 11.1. The second kappa shape index (κ2) is 18.2. The van der Waals surface area contributed by atoms with Gasteiger partial charge in [0.2, 0.25) is 0 Å². The third-order valence-electron chi connectivity index (χ3n) is 6.97. The van der Waals surface area contributed by atoms with Gasteiger partial charge in [-0.3, -0.25) is 0 Å². The molecule has 2 rings (SSSR count). The molecule has 1 unspecified atom stereocenters. The topological polar surface area (TPSA) is 89.9 Å². The predicted octanol–water partition coefficient (Wildman–Crippen LogP) is 8.95. The minimum absolute atomic E-state index is 0.0313. The summed E-state index contributed by atoms with van der Waals surface area (Å²) in [5.74, 6) is -3.04. The SMILES string of the molecule is CCCCCCCC[C@@H](F)C(=O)Oc1c(C(=O)O)cccc1-c1ccc(C(=O)OC(C)CCCCCCC)cc1. The summed E-state index contributed by atoms with van der Waals surface area (Å²) in [4.78, 5) is 37.1. The Morgan fingerprint density at radius 3 is 1.98 bits per heavy atom. The Kier molecular flexibility index (Phi) is 15.0. The van der Waals surface area contributed by atoms with Crippen molar-refractivity contribution in [3.8, 4) is 16.9 Å². The molecule has 7 heteroatoms. The van der Waals surface area contributed by atoms with Gasteiger partial charge in [0.15, 0.2) is 11.9 Å². The molecule has 0 aromatic heterocycles. The minimum atomic E-state index is -1.84. The molecule has 0 radical (unpaired) electrons. The number of hydrogen-bond donors (Lipinski definition) is 1. The van der Waals surface area contributed by atoms with Gasteiger partial charge in [0, 0.05) is 5.56 Å². The van der Waals surface area contributed by atoms with Crippen molar-refractivity contribution in [3.63, 3.8) is 0 Å². The van der Waals surface area contributed by atoms with Crippen molar-refractivity contribution in [3.05, 3.63) is 53.6 Å². The first-order chi connectivity index (χ1) is 19.3. The van der Waals surface area contributed by atoms with E-state index in [1.165, 1.54) is 31.4 Å². The van der Waals surface area contributed by atoms with Gasteiger partial charge in [-0.2, -0.15) is 0 Å². The highest BCUT2D eigenvalue weighted by Crippen LogP contribution is 2.34. The molecule has 0 saturated carbocycles. The van der Waals surface area contributed by atoms with Crippen molar-refractivity contribution >= 4 is 17.9 Å². The van der Waals surface area contributed by atoms with E-state index in [4.69, 9.17) is 9.47 Å². The smallest absolute Gasteiger partial charge is 0.346 e. The van der Waals surface area contributed by atoms with E-state index in [1.807, 2.05) is 6.92 Å². The fourth-order valence-corrected chi connectivity index (χ4v) is 4.56. The number of carboxylic acids is 1. The van der Waals surface area contributed by atoms with Crippen LogP contribution in [0.4, 0.5) is 4.39 Å². The number of carbonyl (C=O) groups is 3. The van der Waals surface area contributed by atoms with E-state index < -0.39 is 24.1 Å². The zero-order valence-electron chi connectivity index (χ0n) is 24.3. The number of aromatic carboxylic acids is 1. The van der Waals surface area contributed by atoms with Gasteiger partial charge in [0.05, 0.1) is 11.7 Å². The molecule has 2 aromatic carbocycles. The average Bonchev–Trinajstić information content (AvgIpc) is 2.94. The van der Waals surface area contributed by atoms with E-state index in [9.17, 15) is 23.9 Å². The summed E-state index contributed by atoms with van der Waals surface area (Å²) in [7, 11) is 0. The van der Waals surface area contributed by atoms with E-state index in [0.29, 0.717) is 23.1 Å². The summed E-state index contributed by atoms with van der Waals surface area (Å²) in [5, 5.41) is 9.69. The number of halogens is 1. The monoisotopic (exact) mass is 556 g/mol. The van der Waals surface area contributed by atoms with Crippen LogP contribution in [0.5, 0.6) is 5.75 Å². The molecule has 0 heterocycles. The van der Waals surface area contributed by atoms with Gasteiger partial charge in [0.25, 0.3) is 0 Å². The molecule has 2 aromatic rings. The van der Waals surface area contributed by atoms with Gasteiger partial charge >= 0.3 is 17.9 Å². The maximum absolute atomic E-state index is 14.6. The van der Waals surface area contributed by atoms with Crippen molar-refractivity contribution in [2.75, 3.05) is 0 Å². The normalized spacial score (nSPS) is 12.5. The number of hydrogen-bond acceptors (Lipinski definition) is 5. The maximum atomic E-state index is 14.6. The molecule has 0 saturated heterocycles. The summed E-state index contributed by atoms with van der Waals surface area (Å²) in [6.45, 7) is 6.18. The number of carboxylic acid groups (broad SMARTS) is 1. The van der Waals surface area contributed by atoms with Crippen LogP contribution in [0.15, 0.2) is 42.5 Å². The lowest BCUT2D eigenvalue weighted by Crippen LogP contribution is -2.23. The Balaban J connectivity index is 2.07. The Morgan fingerprint density at radius 1 is 0.800 bits per heavy atom. The van der Waals surface area contributed by atoms with E-state index in [2.05, 4.69) is 13.8 Å². The van der Waals surface area contributed by atoms with Gasteiger partial charge in [-0.05, 0) is 56.4 Å². The minimum Gasteiger partial charge on any atom is -0.478 e. The summed E-state index contributed by atoms with van der Waals surface area (Å²) >= 11 is 0. The largest absolute Gasteiger partial charge is 0.478 e. The fraction of sp³-hybridized carbons (Fsp3) is 0.545. The Bertz CT molecular complexity index is 1070. The van der Waals surface area contributed by atoms with Crippen molar-refractivity contribution in [1.29, 1.82) is 0 Å². The highest BCUT2D eigenvalue weighted by Gasteiger charge is 2.25. The number of esters is 2. The van der Waals surface area contributed by atoms with Crippen LogP contribution in [-0.4, -0.2) is 35.3 Å². The molecule has 6 nitrogen and oxygen atoms in total. The molecule has 220 valence electrons. The maximum Gasteiger partial charge on any atom is 0.346 e. The van der Waals surface area contributed by atoms with E-state index in [1.54, 1.807) is 30.3 Å². The second-order valence-electron chi connectivity index (χ2n) is 10.4. The zero-order valence-corrected chi connectivity index (χ0v) is 24.3. The molecule has 0 aliphatic rings. The van der Waals surface area contributed by atoms with E-state index in [-0.39, 0.29) is 23.8 Å². The first-order valence-corrected chi connectivity index (χ1v) is 14.8. The fourth-order valence-electron chi connectivity index (χ4n) is 4.56. The van der Waals surface area contributed by atoms with Crippen LogP contribution in [0.3, 0.4) is 0 Å². The second-order valence-corrected chi connectivity index (χ2v) is 10.4. The van der Waals surface area contributed by atoms with Crippen LogP contribution in [0.2, 0.25) is 0 Å². The standard InChI is InChI=1S/C33H45FO6/c1-4-6-8-10-12-14-19-29(34)33(38)40-30-27(17-15-18-28(30)31(35)36)25-20-22-26(23-21-25)32(37)39-24(3)16-13-11-9-7-5-2/h15,17-18,20-24,29H,4-14,16,19H2,1-3H3,(H,35,36)/t24?,29-/m1/s1. The Morgan fingerprint density at radius 2 is 1.38 bits per heavy atom. The quantitative estimate of drug-likeness (QED) is 0.106. The van der Waals surface area contributed by atoms with Crippen LogP contribution >= 0.6 is 0 Å². The lowest BCUT2D eigenvalue weighted by molar-refractivity contribution is -0.140. The lowest BCUT2D eigenvalue weighted by atomic mass is 10.00. The molecule has 2 atom stereocenters. The van der Waals surface area contributed by atoms with Crippen LogP contribution in [0, 0.1) is 0 Å². The molecule has 0 spiro atoms. The molecule has 40 heavy (non-hydrogen) atoms. The zero-order chi connectivity index (χ0) is 29.3. The van der Waals surface area contributed by atoms with Crippen LogP contribution in [0.1, 0.15) is 125 Å². The molecule has 0 amide bonds. The summed E-state index contributed by atoms with van der Waals surface area (Å²) in [6, 6.07) is 10.9. The highest BCUT2D eigenvalue weighted by molar-refractivity contribution is 5.96. The van der Waals surface area contributed by atoms with Gasteiger partial charge in [-0.1, -0.05) is 95.9 Å². The van der Waals surface area contributed by atoms with Crippen molar-refractivity contribution < 1.29 is 33.4 Å². The van der Waals surface area contributed by atoms with Gasteiger partial charge in [-0.25, -0.2) is 18.8 Å². The van der Waals surface area contributed by atoms with Gasteiger partial charge in [-0.15, -0.1) is 0 Å². The third-order valence-corrected chi connectivity index (χ3v) is 6.97. The number of carbonyl (C=O) groups excluding carboxylic acids is 2. The Labute approximate surface area is 238 Å². The number of unbranched alkanes of at least 4 members (excludes halogenated alkanes) is 9. The number of para-hydroxylation sites is 1. The first-order valence-electron chi connectivity index (χ1n) is 14.8. The van der Waals surface area contributed by atoms with Crippen molar-refractivity contribution in [2.45, 2.75) is 117 Å². The first kappa shape index (κ1) is 33.0. The number of rotatable bonds is 19. The molecule has 0 fully saturated rings. The molecular weight excluding hydrogens is 511 g/mol. The predicted molar refractivity (Wildman–Crippen MR) is 156 cm³/mol. The van der Waals surface area contributed by atoms with Crippen LogP contribution in [-0.2, 0) is 9.53 Å². The number of benzene rings is 2. The van der Waals surface area contributed by atoms with Crippen LogP contribution < -0.4 is 4.74 Å². The summed E-state index contributed by atoms with van der Waals surface area (Å²) < 4.78 is 25.6. The lowest BCUT2D eigenvalue weighted by Gasteiger charge is -2.15. The van der Waals surface area contributed by atoms with Crippen LogP contribution in [0.25, 0.3) is 11.1 Å². The summed E-state index contributed by atoms with van der Waals surface area (Å²) in [5.41, 5.74) is 0.962. The number of ether oxygens (including phenoxy) is 2.